The largest absolute Gasteiger partial charge is 0.486 e. The first-order chi connectivity index (χ1) is 13.8. The molecular weight excluding hydrogens is 483 g/mol. The fourth-order valence-corrected chi connectivity index (χ4v) is 2.87. The van der Waals surface area contributed by atoms with Crippen LogP contribution in [0.15, 0.2) is 70.3 Å². The van der Waals surface area contributed by atoms with Gasteiger partial charge in [0.25, 0.3) is 0 Å². The summed E-state index contributed by atoms with van der Waals surface area (Å²) in [5, 5.41) is 6.48. The van der Waals surface area contributed by atoms with E-state index in [1.54, 1.807) is 13.3 Å². The summed E-state index contributed by atoms with van der Waals surface area (Å²) in [6.45, 7) is 1.56. The van der Waals surface area contributed by atoms with Gasteiger partial charge in [0.1, 0.15) is 19.0 Å². The van der Waals surface area contributed by atoms with Crippen LogP contribution in [-0.2, 0) is 6.54 Å². The summed E-state index contributed by atoms with van der Waals surface area (Å²) >= 11 is 0. The maximum atomic E-state index is 5.94. The monoisotopic (exact) mass is 506 g/mol. The molecule has 1 atom stereocenters. The number of nitrogens with one attached hydrogen (secondary N) is 2. The van der Waals surface area contributed by atoms with Gasteiger partial charge in [0, 0.05) is 12.6 Å². The molecule has 0 bridgehead atoms. The summed E-state index contributed by atoms with van der Waals surface area (Å²) in [6, 6.07) is 17.5. The van der Waals surface area contributed by atoms with Crippen molar-refractivity contribution in [2.45, 2.75) is 12.6 Å². The van der Waals surface area contributed by atoms with Gasteiger partial charge in [-0.15, -0.1) is 24.0 Å². The van der Waals surface area contributed by atoms with Gasteiger partial charge in [-0.2, -0.15) is 0 Å². The van der Waals surface area contributed by atoms with Crippen molar-refractivity contribution in [3.8, 4) is 23.0 Å². The van der Waals surface area contributed by atoms with Crippen LogP contribution in [0, 0.1) is 0 Å². The van der Waals surface area contributed by atoms with Crippen molar-refractivity contribution in [2.75, 3.05) is 20.2 Å². The lowest BCUT2D eigenvalue weighted by Gasteiger charge is -2.27. The van der Waals surface area contributed by atoms with Gasteiger partial charge in [-0.1, -0.05) is 30.3 Å². The van der Waals surface area contributed by atoms with Gasteiger partial charge in [0.05, 0.1) is 18.8 Å². The fraction of sp³-hybridized carbons (Fsp3) is 0.238. The Morgan fingerprint density at radius 1 is 1.07 bits per heavy atom. The molecule has 1 aliphatic heterocycles. The van der Waals surface area contributed by atoms with Gasteiger partial charge in [-0.3, -0.25) is 4.99 Å². The second kappa shape index (κ2) is 10.1. The zero-order valence-electron chi connectivity index (χ0n) is 16.0. The number of aromatic nitrogens is 1. The molecule has 0 spiro atoms. The van der Waals surface area contributed by atoms with Gasteiger partial charge < -0.3 is 24.5 Å². The van der Waals surface area contributed by atoms with Crippen molar-refractivity contribution in [3.63, 3.8) is 0 Å². The number of rotatable bonds is 5. The number of fused-ring (bicyclic) bond motifs is 1. The summed E-state index contributed by atoms with van der Waals surface area (Å²) in [5.74, 6) is 2.81. The average Bonchev–Trinajstić information content (AvgIpc) is 3.23. The fourth-order valence-electron chi connectivity index (χ4n) is 2.87. The van der Waals surface area contributed by atoms with Crippen molar-refractivity contribution in [1.29, 1.82) is 0 Å². The highest BCUT2D eigenvalue weighted by atomic mass is 127. The molecule has 3 aromatic rings. The van der Waals surface area contributed by atoms with E-state index in [0.717, 1.165) is 22.8 Å². The van der Waals surface area contributed by atoms with Crippen LogP contribution in [0.2, 0.25) is 0 Å². The van der Waals surface area contributed by atoms with E-state index < -0.39 is 0 Å². The first kappa shape index (κ1) is 21.0. The van der Waals surface area contributed by atoms with E-state index in [1.807, 2.05) is 54.6 Å². The van der Waals surface area contributed by atoms with Gasteiger partial charge in [-0.25, -0.2) is 4.98 Å². The molecule has 1 unspecified atom stereocenters. The van der Waals surface area contributed by atoms with E-state index in [9.17, 15) is 0 Å². The second-order valence-electron chi connectivity index (χ2n) is 6.31. The number of halogens is 1. The Balaban J connectivity index is 0.00000240. The lowest BCUT2D eigenvalue weighted by atomic mass is 10.2. The van der Waals surface area contributed by atoms with Gasteiger partial charge in [0.15, 0.2) is 17.5 Å². The minimum Gasteiger partial charge on any atom is -0.486 e. The minimum atomic E-state index is -0.0924. The Kier molecular flexibility index (Phi) is 7.34. The molecule has 2 N–H and O–H groups in total. The van der Waals surface area contributed by atoms with E-state index in [2.05, 4.69) is 20.6 Å². The standard InChI is InChI=1S/C21H22N4O3.HI/c1-22-21(24-12-17-14-26-18-9-5-6-10-19(18)28-17)23-11-16-13-27-20(25-16)15-7-3-2-4-8-15;/h2-10,13,17H,11-12,14H2,1H3,(H2,22,23,24);1H. The quantitative estimate of drug-likeness (QED) is 0.314. The Labute approximate surface area is 186 Å². The predicted octanol–water partition coefficient (Wildman–Crippen LogP) is 3.46. The lowest BCUT2D eigenvalue weighted by Crippen LogP contribution is -2.45. The van der Waals surface area contributed by atoms with Crippen LogP contribution in [0.3, 0.4) is 0 Å². The van der Waals surface area contributed by atoms with E-state index in [-0.39, 0.29) is 30.1 Å². The first-order valence-electron chi connectivity index (χ1n) is 9.14. The third-order valence-corrected chi connectivity index (χ3v) is 4.30. The molecule has 29 heavy (non-hydrogen) atoms. The molecule has 0 saturated carbocycles. The second-order valence-corrected chi connectivity index (χ2v) is 6.31. The highest BCUT2D eigenvalue weighted by Gasteiger charge is 2.20. The maximum absolute atomic E-state index is 5.94. The zero-order chi connectivity index (χ0) is 19.2. The normalized spacial score (nSPS) is 15.3. The van der Waals surface area contributed by atoms with Crippen molar-refractivity contribution in [1.82, 2.24) is 15.6 Å². The molecule has 0 amide bonds. The van der Waals surface area contributed by atoms with Crippen LogP contribution in [0.1, 0.15) is 5.69 Å². The van der Waals surface area contributed by atoms with Crippen LogP contribution in [0.4, 0.5) is 0 Å². The summed E-state index contributed by atoms with van der Waals surface area (Å²) in [6.07, 6.45) is 1.56. The molecule has 1 aliphatic rings. The van der Waals surface area contributed by atoms with E-state index in [1.165, 1.54) is 0 Å². The summed E-state index contributed by atoms with van der Waals surface area (Å²) in [5.41, 5.74) is 1.75. The summed E-state index contributed by atoms with van der Waals surface area (Å²) in [4.78, 5) is 8.74. The molecule has 0 aliphatic carbocycles. The highest BCUT2D eigenvalue weighted by Crippen LogP contribution is 2.30. The molecule has 8 heteroatoms. The molecule has 0 saturated heterocycles. The van der Waals surface area contributed by atoms with Crippen molar-refractivity contribution < 1.29 is 13.9 Å². The molecular formula is C21H23IN4O3. The first-order valence-corrected chi connectivity index (χ1v) is 9.14. The number of oxazole rings is 1. The maximum Gasteiger partial charge on any atom is 0.226 e. The molecule has 7 nitrogen and oxygen atoms in total. The van der Waals surface area contributed by atoms with Crippen LogP contribution < -0.4 is 20.1 Å². The summed E-state index contributed by atoms with van der Waals surface area (Å²) < 4.78 is 17.2. The number of guanidine groups is 1. The number of aliphatic imine (C=N–C) groups is 1. The molecule has 152 valence electrons. The number of nitrogens with zero attached hydrogens (tertiary/aromatic N) is 2. The average molecular weight is 506 g/mol. The van der Waals surface area contributed by atoms with Crippen LogP contribution in [0.25, 0.3) is 11.5 Å². The van der Waals surface area contributed by atoms with Crippen LogP contribution >= 0.6 is 24.0 Å². The van der Waals surface area contributed by atoms with Crippen molar-refractivity contribution >= 4 is 29.9 Å². The van der Waals surface area contributed by atoms with E-state index in [0.29, 0.717) is 31.5 Å². The molecule has 0 fully saturated rings. The number of benzene rings is 2. The third-order valence-electron chi connectivity index (χ3n) is 4.30. The SMILES string of the molecule is CN=C(NCc1coc(-c2ccccc2)n1)NCC1COc2ccccc2O1.I. The minimum absolute atomic E-state index is 0. The molecule has 4 rings (SSSR count). The third kappa shape index (κ3) is 5.41. The Morgan fingerprint density at radius 2 is 1.83 bits per heavy atom. The van der Waals surface area contributed by atoms with E-state index >= 15 is 0 Å². The lowest BCUT2D eigenvalue weighted by molar-refractivity contribution is 0.0936. The Hall–Kier alpha value is -2.75. The molecule has 2 aromatic carbocycles. The molecule has 2 heterocycles. The number of hydrogen-bond donors (Lipinski definition) is 2. The molecule has 0 radical (unpaired) electrons. The topological polar surface area (TPSA) is 80.9 Å². The Morgan fingerprint density at radius 3 is 2.62 bits per heavy atom. The summed E-state index contributed by atoms with van der Waals surface area (Å²) in [7, 11) is 1.72. The Bertz CT molecular complexity index is 946. The zero-order valence-corrected chi connectivity index (χ0v) is 18.3. The van der Waals surface area contributed by atoms with Crippen LogP contribution in [-0.4, -0.2) is 37.2 Å². The van der Waals surface area contributed by atoms with Crippen molar-refractivity contribution in [3.05, 3.63) is 66.6 Å². The number of para-hydroxylation sites is 2. The highest BCUT2D eigenvalue weighted by molar-refractivity contribution is 14.0. The van der Waals surface area contributed by atoms with Gasteiger partial charge in [0.2, 0.25) is 5.89 Å². The number of ether oxygens (including phenoxy) is 2. The smallest absolute Gasteiger partial charge is 0.226 e. The van der Waals surface area contributed by atoms with Gasteiger partial charge >= 0.3 is 0 Å². The van der Waals surface area contributed by atoms with Gasteiger partial charge in [-0.05, 0) is 24.3 Å². The predicted molar refractivity (Wildman–Crippen MR) is 122 cm³/mol. The van der Waals surface area contributed by atoms with Crippen molar-refractivity contribution in [2.24, 2.45) is 4.99 Å². The van der Waals surface area contributed by atoms with E-state index in [4.69, 9.17) is 13.9 Å². The van der Waals surface area contributed by atoms with Crippen LogP contribution in [0.5, 0.6) is 11.5 Å². The molecule has 1 aromatic heterocycles. The number of hydrogen-bond acceptors (Lipinski definition) is 5.